The van der Waals surface area contributed by atoms with Crippen LogP contribution in [-0.4, -0.2) is 54.3 Å². The smallest absolute Gasteiger partial charge is 0.246 e. The van der Waals surface area contributed by atoms with Gasteiger partial charge in [-0.1, -0.05) is 26.0 Å². The van der Waals surface area contributed by atoms with Gasteiger partial charge in [0, 0.05) is 32.7 Å². The van der Waals surface area contributed by atoms with Gasteiger partial charge in [-0.05, 0) is 48.7 Å². The van der Waals surface area contributed by atoms with Crippen molar-refractivity contribution in [1.29, 1.82) is 0 Å². The van der Waals surface area contributed by atoms with Gasteiger partial charge in [0.2, 0.25) is 26.0 Å². The minimum absolute atomic E-state index is 0.0716. The van der Waals surface area contributed by atoms with Gasteiger partial charge in [-0.3, -0.25) is 4.79 Å². The van der Waals surface area contributed by atoms with E-state index in [-0.39, 0.29) is 46.7 Å². The summed E-state index contributed by atoms with van der Waals surface area (Å²) in [5.74, 6) is -0.0000926. The number of hydrogen-bond donors (Lipinski definition) is 2. The van der Waals surface area contributed by atoms with Crippen molar-refractivity contribution in [1.82, 2.24) is 9.03 Å². The summed E-state index contributed by atoms with van der Waals surface area (Å²) < 4.78 is 58.9. The van der Waals surface area contributed by atoms with Crippen LogP contribution >= 0.6 is 0 Å². The molecule has 182 valence electrons. The molecule has 2 aromatic rings. The van der Waals surface area contributed by atoms with E-state index in [1.54, 1.807) is 19.1 Å². The molecular formula is C22H31N3O6S2. The van der Waals surface area contributed by atoms with Crippen LogP contribution in [0.1, 0.15) is 38.7 Å². The van der Waals surface area contributed by atoms with Crippen LogP contribution in [0.2, 0.25) is 0 Å². The molecule has 0 aromatic heterocycles. The lowest BCUT2D eigenvalue weighted by atomic mass is 10.0. The van der Waals surface area contributed by atoms with Gasteiger partial charge >= 0.3 is 0 Å². The van der Waals surface area contributed by atoms with Crippen molar-refractivity contribution in [2.24, 2.45) is 0 Å². The topological polar surface area (TPSA) is 122 Å². The molecule has 0 saturated carbocycles. The number of anilines is 1. The second-order valence-corrected chi connectivity index (χ2v) is 11.7. The van der Waals surface area contributed by atoms with Crippen LogP contribution in [0.15, 0.2) is 52.3 Å². The summed E-state index contributed by atoms with van der Waals surface area (Å²) in [4.78, 5) is 12.4. The van der Waals surface area contributed by atoms with Crippen LogP contribution in [0.3, 0.4) is 0 Å². The lowest BCUT2D eigenvalue weighted by Gasteiger charge is -2.16. The van der Waals surface area contributed by atoms with Gasteiger partial charge in [0.1, 0.15) is 10.6 Å². The average Bonchev–Trinajstić information content (AvgIpc) is 2.74. The number of ether oxygens (including phenoxy) is 1. The molecule has 11 heteroatoms. The molecule has 1 amide bonds. The standard InChI is InChI=1S/C22H31N3O6S2/c1-6-31-20-12-9-18(15-21(20)33(29,30)25(4)5)24-22(26)13-14-23-32(27,28)19-10-7-17(8-11-19)16(2)3/h7-12,15-16,23H,6,13-14H2,1-5H3,(H,24,26). The van der Waals surface area contributed by atoms with Gasteiger partial charge in [-0.2, -0.15) is 0 Å². The zero-order chi connectivity index (χ0) is 24.8. The van der Waals surface area contributed by atoms with Gasteiger partial charge < -0.3 is 10.1 Å². The number of benzene rings is 2. The molecule has 0 spiro atoms. The number of hydrogen-bond acceptors (Lipinski definition) is 6. The average molecular weight is 498 g/mol. The highest BCUT2D eigenvalue weighted by atomic mass is 32.2. The Morgan fingerprint density at radius 1 is 1.03 bits per heavy atom. The van der Waals surface area contributed by atoms with E-state index in [0.717, 1.165) is 9.87 Å². The molecule has 0 unspecified atom stereocenters. The van der Waals surface area contributed by atoms with Crippen molar-refractivity contribution in [3.63, 3.8) is 0 Å². The normalized spacial score (nSPS) is 12.2. The van der Waals surface area contributed by atoms with E-state index < -0.39 is 26.0 Å². The summed E-state index contributed by atoms with van der Waals surface area (Å²) in [6, 6.07) is 10.9. The lowest BCUT2D eigenvalue weighted by molar-refractivity contribution is -0.116. The Bertz CT molecular complexity index is 1180. The van der Waals surface area contributed by atoms with Crippen molar-refractivity contribution < 1.29 is 26.4 Å². The molecule has 2 aromatic carbocycles. The predicted molar refractivity (Wildman–Crippen MR) is 127 cm³/mol. The summed E-state index contributed by atoms with van der Waals surface area (Å²) >= 11 is 0. The minimum Gasteiger partial charge on any atom is -0.492 e. The molecule has 0 heterocycles. The first-order valence-corrected chi connectivity index (χ1v) is 13.4. The maximum absolute atomic E-state index is 12.6. The highest BCUT2D eigenvalue weighted by molar-refractivity contribution is 7.89. The number of nitrogens with one attached hydrogen (secondary N) is 2. The Kier molecular flexibility index (Phi) is 9.01. The van der Waals surface area contributed by atoms with Crippen LogP contribution < -0.4 is 14.8 Å². The molecule has 0 fully saturated rings. The molecule has 0 aliphatic rings. The predicted octanol–water partition coefficient (Wildman–Crippen LogP) is 2.77. The van der Waals surface area contributed by atoms with Crippen LogP contribution in [0.25, 0.3) is 0 Å². The number of carbonyl (C=O) groups excluding carboxylic acids is 1. The van der Waals surface area contributed by atoms with E-state index in [9.17, 15) is 21.6 Å². The fourth-order valence-electron chi connectivity index (χ4n) is 2.90. The minimum atomic E-state index is -3.80. The Balaban J connectivity index is 2.04. The zero-order valence-electron chi connectivity index (χ0n) is 19.5. The first kappa shape index (κ1) is 26.8. The Morgan fingerprint density at radius 3 is 2.21 bits per heavy atom. The van der Waals surface area contributed by atoms with Crippen molar-refractivity contribution in [2.45, 2.75) is 42.9 Å². The van der Waals surface area contributed by atoms with Crippen LogP contribution in [-0.2, 0) is 24.8 Å². The summed E-state index contributed by atoms with van der Waals surface area (Å²) in [6.45, 7) is 5.94. The largest absolute Gasteiger partial charge is 0.492 e. The van der Waals surface area contributed by atoms with Gasteiger partial charge in [0.25, 0.3) is 0 Å². The summed E-state index contributed by atoms with van der Waals surface area (Å²) in [7, 11) is -4.75. The summed E-state index contributed by atoms with van der Waals surface area (Å²) in [6.07, 6.45) is -0.133. The van der Waals surface area contributed by atoms with Crippen molar-refractivity contribution in [3.05, 3.63) is 48.0 Å². The second-order valence-electron chi connectivity index (χ2n) is 7.80. The molecular weight excluding hydrogens is 466 g/mol. The summed E-state index contributed by atoms with van der Waals surface area (Å²) in [5.41, 5.74) is 1.29. The molecule has 0 saturated heterocycles. The molecule has 9 nitrogen and oxygen atoms in total. The van der Waals surface area contributed by atoms with Crippen LogP contribution in [0, 0.1) is 0 Å². The Hall–Kier alpha value is -2.47. The van der Waals surface area contributed by atoms with Crippen LogP contribution in [0.4, 0.5) is 5.69 Å². The third kappa shape index (κ3) is 7.00. The molecule has 0 aliphatic heterocycles. The van der Waals surface area contributed by atoms with E-state index in [2.05, 4.69) is 10.0 Å². The van der Waals surface area contributed by atoms with Gasteiger partial charge in [0.15, 0.2) is 0 Å². The fraction of sp³-hybridized carbons (Fsp3) is 0.409. The Morgan fingerprint density at radius 2 is 1.67 bits per heavy atom. The first-order chi connectivity index (χ1) is 15.4. The third-order valence-corrected chi connectivity index (χ3v) is 8.10. The SMILES string of the molecule is CCOc1ccc(NC(=O)CCNS(=O)(=O)c2ccc(C(C)C)cc2)cc1S(=O)(=O)N(C)C. The molecule has 0 bridgehead atoms. The third-order valence-electron chi connectivity index (χ3n) is 4.79. The number of amides is 1. The molecule has 0 aliphatic carbocycles. The first-order valence-electron chi connectivity index (χ1n) is 10.5. The summed E-state index contributed by atoms with van der Waals surface area (Å²) in [5, 5.41) is 2.60. The quantitative estimate of drug-likeness (QED) is 0.492. The van der Waals surface area contributed by atoms with E-state index in [1.165, 1.54) is 44.4 Å². The van der Waals surface area contributed by atoms with Crippen molar-refractivity contribution in [3.8, 4) is 5.75 Å². The molecule has 2 rings (SSSR count). The van der Waals surface area contributed by atoms with E-state index in [1.807, 2.05) is 13.8 Å². The monoisotopic (exact) mass is 497 g/mol. The van der Waals surface area contributed by atoms with E-state index in [4.69, 9.17) is 4.74 Å². The number of sulfonamides is 2. The van der Waals surface area contributed by atoms with E-state index >= 15 is 0 Å². The van der Waals surface area contributed by atoms with Gasteiger partial charge in [0.05, 0.1) is 11.5 Å². The zero-order valence-corrected chi connectivity index (χ0v) is 21.1. The molecule has 0 radical (unpaired) electrons. The molecule has 0 atom stereocenters. The highest BCUT2D eigenvalue weighted by Gasteiger charge is 2.23. The van der Waals surface area contributed by atoms with E-state index in [0.29, 0.717) is 0 Å². The van der Waals surface area contributed by atoms with Crippen molar-refractivity contribution in [2.75, 3.05) is 32.6 Å². The number of carbonyl (C=O) groups is 1. The van der Waals surface area contributed by atoms with Gasteiger partial charge in [-0.25, -0.2) is 25.9 Å². The highest BCUT2D eigenvalue weighted by Crippen LogP contribution is 2.29. The number of nitrogens with zero attached hydrogens (tertiary/aromatic N) is 1. The fourth-order valence-corrected chi connectivity index (χ4v) is 4.98. The lowest BCUT2D eigenvalue weighted by Crippen LogP contribution is -2.28. The van der Waals surface area contributed by atoms with Crippen LogP contribution in [0.5, 0.6) is 5.75 Å². The number of rotatable bonds is 11. The second kappa shape index (κ2) is 11.1. The van der Waals surface area contributed by atoms with Crippen molar-refractivity contribution >= 4 is 31.6 Å². The maximum Gasteiger partial charge on any atom is 0.246 e. The molecule has 33 heavy (non-hydrogen) atoms. The maximum atomic E-state index is 12.6. The van der Waals surface area contributed by atoms with Gasteiger partial charge in [-0.15, -0.1) is 0 Å². The molecule has 2 N–H and O–H groups in total. The Labute approximate surface area is 196 Å².